The summed E-state index contributed by atoms with van der Waals surface area (Å²) in [6, 6.07) is 3.53. The molecule has 1 aromatic rings. The Kier molecular flexibility index (Phi) is 6.79. The molecule has 31 heavy (non-hydrogen) atoms. The number of anilines is 1. The van der Waals surface area contributed by atoms with Crippen LogP contribution < -0.4 is 4.90 Å². The van der Waals surface area contributed by atoms with E-state index in [2.05, 4.69) is 11.8 Å². The van der Waals surface area contributed by atoms with Gasteiger partial charge >= 0.3 is 5.97 Å². The van der Waals surface area contributed by atoms with Crippen molar-refractivity contribution in [1.82, 2.24) is 0 Å². The summed E-state index contributed by atoms with van der Waals surface area (Å²) in [4.78, 5) is 28.1. The minimum Gasteiger partial charge on any atom is -0.477 e. The van der Waals surface area contributed by atoms with Gasteiger partial charge in [-0.1, -0.05) is 31.1 Å². The van der Waals surface area contributed by atoms with E-state index >= 15 is 0 Å². The van der Waals surface area contributed by atoms with Crippen molar-refractivity contribution in [2.45, 2.75) is 77.9 Å². The first-order valence-corrected chi connectivity index (χ1v) is 11.6. The fourth-order valence-corrected chi connectivity index (χ4v) is 5.11. The number of amides is 1. The van der Waals surface area contributed by atoms with Gasteiger partial charge in [-0.05, 0) is 52.5 Å². The average molecular weight is 443 g/mol. The second-order valence-corrected chi connectivity index (χ2v) is 10.7. The summed E-state index contributed by atoms with van der Waals surface area (Å²) in [5.74, 6) is 5.05. The number of thiophene rings is 1. The third kappa shape index (κ3) is 5.11. The number of carboxylic acid groups (broad SMARTS) is 1. The molecule has 1 saturated heterocycles. The molecule has 7 heteroatoms. The normalized spacial score (nSPS) is 24.9. The molecule has 3 rings (SSSR count). The minimum absolute atomic E-state index is 0.0804. The first kappa shape index (κ1) is 23.3. The van der Waals surface area contributed by atoms with E-state index in [1.165, 1.54) is 6.42 Å². The first-order valence-electron chi connectivity index (χ1n) is 10.8. The number of hydrogen-bond acceptors (Lipinski definition) is 5. The van der Waals surface area contributed by atoms with Gasteiger partial charge in [0.25, 0.3) is 5.91 Å². The van der Waals surface area contributed by atoms with Crippen molar-refractivity contribution in [2.24, 2.45) is 11.3 Å². The van der Waals surface area contributed by atoms with Crippen LogP contribution >= 0.6 is 11.3 Å². The van der Waals surface area contributed by atoms with Crippen LogP contribution in [-0.4, -0.2) is 35.2 Å². The highest BCUT2D eigenvalue weighted by molar-refractivity contribution is 7.15. The van der Waals surface area contributed by atoms with Crippen molar-refractivity contribution in [3.8, 4) is 17.9 Å². The molecule has 1 saturated carbocycles. The number of rotatable bonds is 4. The summed E-state index contributed by atoms with van der Waals surface area (Å²) in [6.45, 7) is 7.89. The van der Waals surface area contributed by atoms with Gasteiger partial charge in [0.15, 0.2) is 5.60 Å². The SMILES string of the molecule is CC(C)(C)C#Cc1cc(N2C(=O)C(C)(CC#N)OCC2C2CCCCC2)c(C(=O)O)s1. The lowest BCUT2D eigenvalue weighted by molar-refractivity contribution is -0.152. The number of carbonyl (C=O) groups is 2. The third-order valence-electron chi connectivity index (χ3n) is 5.91. The maximum Gasteiger partial charge on any atom is 0.348 e. The van der Waals surface area contributed by atoms with E-state index in [9.17, 15) is 20.0 Å². The molecule has 2 fully saturated rings. The highest BCUT2D eigenvalue weighted by Crippen LogP contribution is 2.41. The number of carboxylic acids is 1. The number of carbonyl (C=O) groups excluding carboxylic acids is 1. The van der Waals surface area contributed by atoms with Crippen LogP contribution in [0, 0.1) is 34.5 Å². The Morgan fingerprint density at radius 1 is 1.35 bits per heavy atom. The molecule has 2 atom stereocenters. The molecule has 1 amide bonds. The quantitative estimate of drug-likeness (QED) is 0.675. The lowest BCUT2D eigenvalue weighted by Gasteiger charge is -2.47. The van der Waals surface area contributed by atoms with E-state index in [0.29, 0.717) is 17.2 Å². The van der Waals surface area contributed by atoms with Gasteiger partial charge < -0.3 is 14.7 Å². The Hall–Kier alpha value is -2.35. The van der Waals surface area contributed by atoms with Crippen LogP contribution in [0.25, 0.3) is 0 Å². The molecule has 0 aromatic carbocycles. The fraction of sp³-hybridized carbons (Fsp3) is 0.625. The van der Waals surface area contributed by atoms with E-state index in [0.717, 1.165) is 37.0 Å². The van der Waals surface area contributed by atoms with Crippen molar-refractivity contribution in [1.29, 1.82) is 5.26 Å². The maximum atomic E-state index is 13.6. The second-order valence-electron chi connectivity index (χ2n) is 9.65. The number of morpholine rings is 1. The van der Waals surface area contributed by atoms with E-state index in [1.807, 2.05) is 26.8 Å². The Morgan fingerprint density at radius 3 is 2.61 bits per heavy atom. The lowest BCUT2D eigenvalue weighted by atomic mass is 9.81. The summed E-state index contributed by atoms with van der Waals surface area (Å²) >= 11 is 1.09. The average Bonchev–Trinajstić information content (AvgIpc) is 3.13. The first-order chi connectivity index (χ1) is 14.6. The van der Waals surface area contributed by atoms with E-state index in [1.54, 1.807) is 17.9 Å². The summed E-state index contributed by atoms with van der Waals surface area (Å²) in [6.07, 6.45) is 5.25. The van der Waals surface area contributed by atoms with Crippen LogP contribution in [0.1, 0.15) is 80.8 Å². The number of hydrogen-bond donors (Lipinski definition) is 1. The molecule has 2 aliphatic rings. The van der Waals surface area contributed by atoms with Crippen molar-refractivity contribution in [2.75, 3.05) is 11.5 Å². The monoisotopic (exact) mass is 442 g/mol. The van der Waals surface area contributed by atoms with Gasteiger partial charge in [-0.2, -0.15) is 5.26 Å². The summed E-state index contributed by atoms with van der Waals surface area (Å²) in [5.41, 5.74) is -1.13. The Bertz CT molecular complexity index is 953. The molecular weight excluding hydrogens is 412 g/mol. The second kappa shape index (κ2) is 9.02. The molecule has 0 radical (unpaired) electrons. The summed E-state index contributed by atoms with van der Waals surface area (Å²) in [7, 11) is 0. The van der Waals surface area contributed by atoms with E-state index in [4.69, 9.17) is 4.74 Å². The molecule has 0 spiro atoms. The molecule has 6 nitrogen and oxygen atoms in total. The number of aromatic carboxylic acids is 1. The van der Waals surface area contributed by atoms with Crippen LogP contribution in [-0.2, 0) is 9.53 Å². The van der Waals surface area contributed by atoms with Gasteiger partial charge in [0.1, 0.15) is 4.88 Å². The van der Waals surface area contributed by atoms with E-state index < -0.39 is 11.6 Å². The van der Waals surface area contributed by atoms with Gasteiger partial charge in [0, 0.05) is 5.41 Å². The summed E-state index contributed by atoms with van der Waals surface area (Å²) in [5, 5.41) is 19.1. The van der Waals surface area contributed by atoms with Crippen molar-refractivity contribution >= 4 is 28.9 Å². The van der Waals surface area contributed by atoms with Crippen LogP contribution in [0.15, 0.2) is 6.07 Å². The van der Waals surface area contributed by atoms with Gasteiger partial charge in [0.05, 0.1) is 35.7 Å². The molecule has 2 unspecified atom stereocenters. The molecule has 2 heterocycles. The highest BCUT2D eigenvalue weighted by Gasteiger charge is 2.49. The molecule has 0 bridgehead atoms. The van der Waals surface area contributed by atoms with Gasteiger partial charge in [-0.25, -0.2) is 4.79 Å². The Labute approximate surface area is 188 Å². The van der Waals surface area contributed by atoms with Crippen LogP contribution in [0.4, 0.5) is 5.69 Å². The van der Waals surface area contributed by atoms with Gasteiger partial charge in [-0.15, -0.1) is 11.3 Å². The van der Waals surface area contributed by atoms with Crippen LogP contribution in [0.3, 0.4) is 0 Å². The zero-order valence-corrected chi connectivity index (χ0v) is 19.5. The lowest BCUT2D eigenvalue weighted by Crippen LogP contribution is -2.62. The Morgan fingerprint density at radius 2 is 2.03 bits per heavy atom. The smallest absolute Gasteiger partial charge is 0.348 e. The molecule has 166 valence electrons. The standard InChI is InChI=1S/C24H30N2O4S/c1-23(2,3)11-10-17-14-18(20(31-17)21(27)28)26-19(16-8-6-5-7-9-16)15-30-24(4,12-13-25)22(26)29/h14,16,19H,5-9,12,15H2,1-4H3,(H,27,28). The minimum atomic E-state index is -1.28. The topological polar surface area (TPSA) is 90.6 Å². The highest BCUT2D eigenvalue weighted by atomic mass is 32.1. The third-order valence-corrected chi connectivity index (χ3v) is 6.94. The predicted octanol–water partition coefficient (Wildman–Crippen LogP) is 4.83. The van der Waals surface area contributed by atoms with Crippen LogP contribution in [0.5, 0.6) is 0 Å². The Balaban J connectivity index is 2.09. The van der Waals surface area contributed by atoms with E-state index in [-0.39, 0.29) is 34.6 Å². The number of nitrogens with zero attached hydrogens (tertiary/aromatic N) is 2. The van der Waals surface area contributed by atoms with Crippen molar-refractivity contribution in [3.63, 3.8) is 0 Å². The molecule has 1 aliphatic heterocycles. The number of nitriles is 1. The predicted molar refractivity (Wildman–Crippen MR) is 120 cm³/mol. The van der Waals surface area contributed by atoms with Gasteiger partial charge in [-0.3, -0.25) is 4.79 Å². The molecule has 1 aromatic heterocycles. The zero-order valence-electron chi connectivity index (χ0n) is 18.7. The largest absolute Gasteiger partial charge is 0.477 e. The van der Waals surface area contributed by atoms with Gasteiger partial charge in [0.2, 0.25) is 0 Å². The maximum absolute atomic E-state index is 13.6. The van der Waals surface area contributed by atoms with Crippen LogP contribution in [0.2, 0.25) is 0 Å². The molecule has 1 N–H and O–H groups in total. The fourth-order valence-electron chi connectivity index (χ4n) is 4.27. The number of ether oxygens (including phenoxy) is 1. The molecule has 1 aliphatic carbocycles. The van der Waals surface area contributed by atoms with Crippen molar-refractivity contribution in [3.05, 3.63) is 15.8 Å². The van der Waals surface area contributed by atoms with Crippen molar-refractivity contribution < 1.29 is 19.4 Å². The zero-order chi connectivity index (χ0) is 22.8. The molecular formula is C24H30N2O4S. The summed E-state index contributed by atoms with van der Waals surface area (Å²) < 4.78 is 5.95.